The molecule has 2 atom stereocenters. The Labute approximate surface area is 116 Å². The highest BCUT2D eigenvalue weighted by Gasteiger charge is 2.28. The van der Waals surface area contributed by atoms with Crippen LogP contribution in [0.4, 0.5) is 0 Å². The topological polar surface area (TPSA) is 43.8 Å². The van der Waals surface area contributed by atoms with Crippen LogP contribution in [0, 0.1) is 5.92 Å². The molecule has 1 aliphatic heterocycles. The summed E-state index contributed by atoms with van der Waals surface area (Å²) in [4.78, 5) is 16.4. The molecule has 2 rings (SSSR count). The van der Waals surface area contributed by atoms with E-state index in [0.717, 1.165) is 25.8 Å². The summed E-state index contributed by atoms with van der Waals surface area (Å²) < 4.78 is 0. The summed E-state index contributed by atoms with van der Waals surface area (Å²) in [5, 5.41) is 9.88. The second-order valence-electron chi connectivity index (χ2n) is 6.36. The van der Waals surface area contributed by atoms with Crippen molar-refractivity contribution in [2.75, 3.05) is 26.7 Å². The SMILES string of the molecule is CC1CCN(CC(=O)N(C)C2CCCCC2)CC1O. The van der Waals surface area contributed by atoms with E-state index in [2.05, 4.69) is 11.8 Å². The minimum absolute atomic E-state index is 0.216. The Balaban J connectivity index is 1.79. The van der Waals surface area contributed by atoms with Crippen molar-refractivity contribution in [3.05, 3.63) is 0 Å². The van der Waals surface area contributed by atoms with E-state index in [1.807, 2.05) is 11.9 Å². The van der Waals surface area contributed by atoms with Crippen LogP contribution in [0.3, 0.4) is 0 Å². The number of β-amino-alcohol motifs (C(OH)–C–C–N with tert-alkyl or cyclic N) is 1. The molecule has 1 saturated heterocycles. The third-order valence-electron chi connectivity index (χ3n) is 4.88. The number of hydrogen-bond acceptors (Lipinski definition) is 3. The third kappa shape index (κ3) is 3.93. The van der Waals surface area contributed by atoms with Gasteiger partial charge >= 0.3 is 0 Å². The van der Waals surface area contributed by atoms with E-state index in [-0.39, 0.29) is 12.0 Å². The Hall–Kier alpha value is -0.610. The first kappa shape index (κ1) is 14.8. The van der Waals surface area contributed by atoms with E-state index < -0.39 is 0 Å². The minimum atomic E-state index is -0.276. The average molecular weight is 268 g/mol. The highest BCUT2D eigenvalue weighted by molar-refractivity contribution is 5.78. The van der Waals surface area contributed by atoms with Gasteiger partial charge in [-0.1, -0.05) is 26.2 Å². The first-order chi connectivity index (χ1) is 9.08. The van der Waals surface area contributed by atoms with Crippen LogP contribution in [0.5, 0.6) is 0 Å². The maximum atomic E-state index is 12.3. The van der Waals surface area contributed by atoms with Crippen LogP contribution in [0.2, 0.25) is 0 Å². The number of nitrogens with zero attached hydrogens (tertiary/aromatic N) is 2. The minimum Gasteiger partial charge on any atom is -0.392 e. The lowest BCUT2D eigenvalue weighted by atomic mass is 9.94. The molecular weight excluding hydrogens is 240 g/mol. The molecule has 110 valence electrons. The Bertz CT molecular complexity index is 303. The van der Waals surface area contributed by atoms with Crippen LogP contribution in [-0.2, 0) is 4.79 Å². The predicted molar refractivity (Wildman–Crippen MR) is 75.9 cm³/mol. The van der Waals surface area contributed by atoms with Crippen LogP contribution in [0.1, 0.15) is 45.4 Å². The number of carbonyl (C=O) groups is 1. The van der Waals surface area contributed by atoms with Crippen molar-refractivity contribution in [1.29, 1.82) is 0 Å². The van der Waals surface area contributed by atoms with Gasteiger partial charge in [-0.15, -0.1) is 0 Å². The molecule has 0 aromatic heterocycles. The number of piperidine rings is 1. The smallest absolute Gasteiger partial charge is 0.236 e. The molecule has 4 heteroatoms. The molecule has 1 amide bonds. The van der Waals surface area contributed by atoms with Crippen LogP contribution >= 0.6 is 0 Å². The van der Waals surface area contributed by atoms with Gasteiger partial charge in [0.1, 0.15) is 0 Å². The normalized spacial score (nSPS) is 30.3. The number of likely N-dealkylation sites (N-methyl/N-ethyl adjacent to an activating group) is 1. The van der Waals surface area contributed by atoms with Crippen LogP contribution in [-0.4, -0.2) is 59.6 Å². The van der Waals surface area contributed by atoms with Gasteiger partial charge in [-0.05, 0) is 31.7 Å². The summed E-state index contributed by atoms with van der Waals surface area (Å²) in [6.45, 7) is 4.13. The molecule has 1 N–H and O–H groups in total. The molecule has 0 aromatic rings. The molecule has 19 heavy (non-hydrogen) atoms. The van der Waals surface area contributed by atoms with Gasteiger partial charge in [0.15, 0.2) is 0 Å². The molecule has 0 bridgehead atoms. The first-order valence-corrected chi connectivity index (χ1v) is 7.74. The highest BCUT2D eigenvalue weighted by atomic mass is 16.3. The maximum Gasteiger partial charge on any atom is 0.236 e. The van der Waals surface area contributed by atoms with Gasteiger partial charge < -0.3 is 10.0 Å². The van der Waals surface area contributed by atoms with E-state index in [9.17, 15) is 9.90 Å². The number of carbonyl (C=O) groups excluding carboxylic acids is 1. The van der Waals surface area contributed by atoms with Crippen molar-refractivity contribution in [3.8, 4) is 0 Å². The lowest BCUT2D eigenvalue weighted by molar-refractivity contribution is -0.134. The molecule has 0 radical (unpaired) electrons. The second kappa shape index (κ2) is 6.71. The summed E-state index contributed by atoms with van der Waals surface area (Å²) in [6.07, 6.45) is 6.84. The number of aliphatic hydroxyl groups excluding tert-OH is 1. The van der Waals surface area contributed by atoms with Gasteiger partial charge in [0.25, 0.3) is 0 Å². The zero-order valence-electron chi connectivity index (χ0n) is 12.3. The van der Waals surface area contributed by atoms with E-state index in [1.54, 1.807) is 0 Å². The molecule has 2 fully saturated rings. The number of amides is 1. The number of rotatable bonds is 3. The molecule has 2 aliphatic rings. The van der Waals surface area contributed by atoms with Crippen LogP contribution < -0.4 is 0 Å². The summed E-state index contributed by atoms with van der Waals surface area (Å²) in [6, 6.07) is 0.440. The lowest BCUT2D eigenvalue weighted by Gasteiger charge is -2.36. The Morgan fingerprint density at radius 1 is 1.26 bits per heavy atom. The van der Waals surface area contributed by atoms with Crippen molar-refractivity contribution in [2.24, 2.45) is 5.92 Å². The molecule has 0 aromatic carbocycles. The average Bonchev–Trinajstić information content (AvgIpc) is 2.43. The first-order valence-electron chi connectivity index (χ1n) is 7.74. The van der Waals surface area contributed by atoms with Gasteiger partial charge in [0, 0.05) is 19.6 Å². The highest BCUT2D eigenvalue weighted by Crippen LogP contribution is 2.22. The predicted octanol–water partition coefficient (Wildman–Crippen LogP) is 1.48. The van der Waals surface area contributed by atoms with E-state index in [0.29, 0.717) is 25.0 Å². The fourth-order valence-electron chi connectivity index (χ4n) is 3.23. The van der Waals surface area contributed by atoms with Crippen LogP contribution in [0.25, 0.3) is 0 Å². The van der Waals surface area contributed by atoms with E-state index >= 15 is 0 Å². The van der Waals surface area contributed by atoms with Crippen molar-refractivity contribution in [2.45, 2.75) is 57.6 Å². The molecule has 0 spiro atoms. The third-order valence-corrected chi connectivity index (χ3v) is 4.88. The standard InChI is InChI=1S/C15H28N2O2/c1-12-8-9-17(10-14(12)18)11-15(19)16(2)13-6-4-3-5-7-13/h12-14,18H,3-11H2,1-2H3. The van der Waals surface area contributed by atoms with Gasteiger partial charge in [0.2, 0.25) is 5.91 Å². The van der Waals surface area contributed by atoms with Gasteiger partial charge in [0.05, 0.1) is 12.6 Å². The molecule has 1 saturated carbocycles. The Kier molecular flexibility index (Phi) is 5.22. The van der Waals surface area contributed by atoms with E-state index in [1.165, 1.54) is 19.3 Å². The van der Waals surface area contributed by atoms with E-state index in [4.69, 9.17) is 0 Å². The molecule has 1 heterocycles. The summed E-state index contributed by atoms with van der Waals surface area (Å²) >= 11 is 0. The number of hydrogen-bond donors (Lipinski definition) is 1. The second-order valence-corrected chi connectivity index (χ2v) is 6.36. The van der Waals surface area contributed by atoms with Crippen molar-refractivity contribution >= 4 is 5.91 Å². The van der Waals surface area contributed by atoms with Crippen molar-refractivity contribution in [3.63, 3.8) is 0 Å². The Morgan fingerprint density at radius 3 is 2.58 bits per heavy atom. The van der Waals surface area contributed by atoms with Crippen LogP contribution in [0.15, 0.2) is 0 Å². The Morgan fingerprint density at radius 2 is 1.95 bits per heavy atom. The quantitative estimate of drug-likeness (QED) is 0.843. The molecule has 1 aliphatic carbocycles. The number of aliphatic hydroxyl groups is 1. The fourth-order valence-corrected chi connectivity index (χ4v) is 3.23. The largest absolute Gasteiger partial charge is 0.392 e. The molecule has 2 unspecified atom stereocenters. The van der Waals surface area contributed by atoms with Gasteiger partial charge in [-0.2, -0.15) is 0 Å². The summed E-state index contributed by atoms with van der Waals surface area (Å²) in [5.41, 5.74) is 0. The lowest BCUT2D eigenvalue weighted by Crippen LogP contribution is -2.49. The monoisotopic (exact) mass is 268 g/mol. The maximum absolute atomic E-state index is 12.3. The molecule has 4 nitrogen and oxygen atoms in total. The van der Waals surface area contributed by atoms with Gasteiger partial charge in [-0.25, -0.2) is 0 Å². The summed E-state index contributed by atoms with van der Waals surface area (Å²) in [7, 11) is 1.95. The zero-order chi connectivity index (χ0) is 13.8. The molecular formula is C15H28N2O2. The zero-order valence-corrected chi connectivity index (χ0v) is 12.3. The summed E-state index contributed by atoms with van der Waals surface area (Å²) in [5.74, 6) is 0.580. The van der Waals surface area contributed by atoms with Crippen molar-refractivity contribution in [1.82, 2.24) is 9.80 Å². The fraction of sp³-hybridized carbons (Fsp3) is 0.933. The van der Waals surface area contributed by atoms with Gasteiger partial charge in [-0.3, -0.25) is 9.69 Å². The number of likely N-dealkylation sites (tertiary alicyclic amines) is 1. The van der Waals surface area contributed by atoms with Crippen molar-refractivity contribution < 1.29 is 9.90 Å².